The molecule has 0 saturated heterocycles. The number of benzene rings is 1. The van der Waals surface area contributed by atoms with E-state index in [2.05, 4.69) is 21.4 Å². The SMILES string of the molecule is CONCc1c(C)c(Br)c(C)c(C)c1O. The summed E-state index contributed by atoms with van der Waals surface area (Å²) in [7, 11) is 1.56. The van der Waals surface area contributed by atoms with E-state index in [9.17, 15) is 5.11 Å². The lowest BCUT2D eigenvalue weighted by molar-refractivity contribution is 0.0860. The molecule has 3 nitrogen and oxygen atoms in total. The summed E-state index contributed by atoms with van der Waals surface area (Å²) in [5, 5.41) is 9.99. The number of halogens is 1. The van der Waals surface area contributed by atoms with Gasteiger partial charge >= 0.3 is 0 Å². The van der Waals surface area contributed by atoms with Crippen molar-refractivity contribution in [2.75, 3.05) is 7.11 Å². The van der Waals surface area contributed by atoms with E-state index in [1.807, 2.05) is 20.8 Å². The first-order chi connectivity index (χ1) is 7.00. The van der Waals surface area contributed by atoms with E-state index in [1.165, 1.54) is 0 Å². The Labute approximate surface area is 98.5 Å². The van der Waals surface area contributed by atoms with Crippen LogP contribution in [0.3, 0.4) is 0 Å². The van der Waals surface area contributed by atoms with Crippen LogP contribution in [0.1, 0.15) is 22.3 Å². The summed E-state index contributed by atoms with van der Waals surface area (Å²) in [5.74, 6) is 0.345. The number of nitrogens with one attached hydrogen (secondary N) is 1. The van der Waals surface area contributed by atoms with Crippen LogP contribution in [0.2, 0.25) is 0 Å². The maximum Gasteiger partial charge on any atom is 0.123 e. The monoisotopic (exact) mass is 273 g/mol. The van der Waals surface area contributed by atoms with E-state index in [0.717, 1.165) is 26.7 Å². The number of phenolic OH excluding ortho intramolecular Hbond substituents is 1. The lowest BCUT2D eigenvalue weighted by Gasteiger charge is -2.16. The van der Waals surface area contributed by atoms with Crippen LogP contribution < -0.4 is 5.48 Å². The van der Waals surface area contributed by atoms with Crippen molar-refractivity contribution in [3.63, 3.8) is 0 Å². The minimum absolute atomic E-state index is 0.345. The molecule has 1 rings (SSSR count). The number of hydrogen-bond donors (Lipinski definition) is 2. The summed E-state index contributed by atoms with van der Waals surface area (Å²) >= 11 is 3.53. The average molecular weight is 274 g/mol. The largest absolute Gasteiger partial charge is 0.507 e. The van der Waals surface area contributed by atoms with Crippen LogP contribution in [0, 0.1) is 20.8 Å². The minimum Gasteiger partial charge on any atom is -0.507 e. The molecule has 1 aromatic carbocycles. The fraction of sp³-hybridized carbons (Fsp3) is 0.455. The van der Waals surface area contributed by atoms with E-state index < -0.39 is 0 Å². The molecule has 0 bridgehead atoms. The highest BCUT2D eigenvalue weighted by molar-refractivity contribution is 9.10. The smallest absolute Gasteiger partial charge is 0.123 e. The fourth-order valence-electron chi connectivity index (χ4n) is 1.52. The number of hydrogen-bond acceptors (Lipinski definition) is 3. The van der Waals surface area contributed by atoms with Crippen molar-refractivity contribution < 1.29 is 9.94 Å². The van der Waals surface area contributed by atoms with Crippen molar-refractivity contribution in [3.05, 3.63) is 26.7 Å². The molecule has 84 valence electrons. The van der Waals surface area contributed by atoms with Crippen LogP contribution in [0.4, 0.5) is 0 Å². The van der Waals surface area contributed by atoms with Gasteiger partial charge in [-0.2, -0.15) is 5.48 Å². The van der Waals surface area contributed by atoms with Crippen molar-refractivity contribution in [3.8, 4) is 5.75 Å². The Hall–Kier alpha value is -0.580. The van der Waals surface area contributed by atoms with Gasteiger partial charge in [0.15, 0.2) is 0 Å². The summed E-state index contributed by atoms with van der Waals surface area (Å²) < 4.78 is 1.05. The normalized spacial score (nSPS) is 10.7. The predicted molar refractivity (Wildman–Crippen MR) is 63.9 cm³/mol. The fourth-order valence-corrected chi connectivity index (χ4v) is 2.06. The van der Waals surface area contributed by atoms with Crippen LogP contribution in [-0.4, -0.2) is 12.2 Å². The first-order valence-electron chi connectivity index (χ1n) is 4.73. The minimum atomic E-state index is 0.345. The van der Waals surface area contributed by atoms with E-state index in [0.29, 0.717) is 12.3 Å². The van der Waals surface area contributed by atoms with Gasteiger partial charge in [-0.15, -0.1) is 0 Å². The highest BCUT2D eigenvalue weighted by Crippen LogP contribution is 2.35. The summed E-state index contributed by atoms with van der Waals surface area (Å²) in [6.07, 6.45) is 0. The molecule has 2 N–H and O–H groups in total. The first-order valence-corrected chi connectivity index (χ1v) is 5.53. The molecule has 0 saturated carbocycles. The highest BCUT2D eigenvalue weighted by atomic mass is 79.9. The molecule has 0 aliphatic rings. The quantitative estimate of drug-likeness (QED) is 0.833. The number of rotatable bonds is 3. The van der Waals surface area contributed by atoms with Crippen LogP contribution in [-0.2, 0) is 11.4 Å². The highest BCUT2D eigenvalue weighted by Gasteiger charge is 2.14. The molecule has 0 unspecified atom stereocenters. The topological polar surface area (TPSA) is 41.5 Å². The molecule has 0 aliphatic heterocycles. The summed E-state index contributed by atoms with van der Waals surface area (Å²) in [4.78, 5) is 4.79. The van der Waals surface area contributed by atoms with E-state index in [-0.39, 0.29) is 0 Å². The zero-order chi connectivity index (χ0) is 11.6. The lowest BCUT2D eigenvalue weighted by atomic mass is 9.99. The number of hydroxylamine groups is 1. The second kappa shape index (κ2) is 4.96. The van der Waals surface area contributed by atoms with Crippen molar-refractivity contribution in [2.45, 2.75) is 27.3 Å². The van der Waals surface area contributed by atoms with Gasteiger partial charge in [-0.1, -0.05) is 15.9 Å². The van der Waals surface area contributed by atoms with Crippen LogP contribution in [0.5, 0.6) is 5.75 Å². The molecule has 0 heterocycles. The number of aromatic hydroxyl groups is 1. The Morgan fingerprint density at radius 2 is 1.80 bits per heavy atom. The molecule has 0 radical (unpaired) electrons. The molecule has 15 heavy (non-hydrogen) atoms. The average Bonchev–Trinajstić information content (AvgIpc) is 2.24. The van der Waals surface area contributed by atoms with Crippen molar-refractivity contribution in [1.29, 1.82) is 0 Å². The van der Waals surface area contributed by atoms with Gasteiger partial charge in [0.1, 0.15) is 5.75 Å². The Bertz CT molecular complexity index is 348. The Morgan fingerprint density at radius 3 is 2.33 bits per heavy atom. The zero-order valence-corrected chi connectivity index (χ0v) is 11.0. The van der Waals surface area contributed by atoms with Gasteiger partial charge < -0.3 is 9.94 Å². The molecule has 1 aromatic rings. The van der Waals surface area contributed by atoms with Crippen LogP contribution in [0.15, 0.2) is 4.47 Å². The second-order valence-electron chi connectivity index (χ2n) is 3.54. The maximum atomic E-state index is 9.99. The first kappa shape index (κ1) is 12.5. The Kier molecular flexibility index (Phi) is 4.13. The van der Waals surface area contributed by atoms with Crippen molar-refractivity contribution >= 4 is 15.9 Å². The predicted octanol–water partition coefficient (Wildman–Crippen LogP) is 2.73. The Morgan fingerprint density at radius 1 is 1.20 bits per heavy atom. The van der Waals surface area contributed by atoms with Crippen LogP contribution in [0.25, 0.3) is 0 Å². The van der Waals surface area contributed by atoms with E-state index in [1.54, 1.807) is 7.11 Å². The Balaban J connectivity index is 3.26. The molecule has 0 spiro atoms. The standard InChI is InChI=1S/C11H16BrNO2/c1-6-7(2)11(14)9(5-13-15-4)8(3)10(6)12/h13-14H,5H2,1-4H3. The van der Waals surface area contributed by atoms with Crippen LogP contribution >= 0.6 is 15.9 Å². The third-order valence-electron chi connectivity index (χ3n) is 2.71. The van der Waals surface area contributed by atoms with Gasteiger partial charge in [0, 0.05) is 16.6 Å². The van der Waals surface area contributed by atoms with Gasteiger partial charge in [-0.25, -0.2) is 0 Å². The summed E-state index contributed by atoms with van der Waals surface area (Å²) in [5.41, 5.74) is 6.63. The zero-order valence-electron chi connectivity index (χ0n) is 9.44. The lowest BCUT2D eigenvalue weighted by Crippen LogP contribution is -2.13. The summed E-state index contributed by atoms with van der Waals surface area (Å²) in [6, 6.07) is 0. The summed E-state index contributed by atoms with van der Waals surface area (Å²) in [6.45, 7) is 6.36. The van der Waals surface area contributed by atoms with E-state index in [4.69, 9.17) is 4.84 Å². The van der Waals surface area contributed by atoms with Gasteiger partial charge in [0.05, 0.1) is 7.11 Å². The molecule has 0 aromatic heterocycles. The number of phenols is 1. The second-order valence-corrected chi connectivity index (χ2v) is 4.33. The van der Waals surface area contributed by atoms with Gasteiger partial charge in [0.25, 0.3) is 0 Å². The van der Waals surface area contributed by atoms with Gasteiger partial charge in [-0.3, -0.25) is 0 Å². The molecule has 0 fully saturated rings. The molecule has 0 amide bonds. The van der Waals surface area contributed by atoms with Gasteiger partial charge in [0.2, 0.25) is 0 Å². The van der Waals surface area contributed by atoms with Gasteiger partial charge in [-0.05, 0) is 37.5 Å². The molecule has 4 heteroatoms. The molecular formula is C11H16BrNO2. The van der Waals surface area contributed by atoms with Crippen molar-refractivity contribution in [1.82, 2.24) is 5.48 Å². The maximum absolute atomic E-state index is 9.99. The van der Waals surface area contributed by atoms with E-state index >= 15 is 0 Å². The third kappa shape index (κ3) is 2.33. The molecule has 0 atom stereocenters. The molecular weight excluding hydrogens is 258 g/mol. The molecule has 0 aliphatic carbocycles. The third-order valence-corrected chi connectivity index (χ3v) is 3.90. The van der Waals surface area contributed by atoms with Crippen molar-refractivity contribution in [2.24, 2.45) is 0 Å².